The second kappa shape index (κ2) is 8.73. The summed E-state index contributed by atoms with van der Waals surface area (Å²) in [4.78, 5) is 4.42. The summed E-state index contributed by atoms with van der Waals surface area (Å²) in [6.07, 6.45) is 2.54. The minimum Gasteiger partial charge on any atom is -0.491 e. The highest BCUT2D eigenvalue weighted by molar-refractivity contribution is 5.81. The van der Waals surface area contributed by atoms with Gasteiger partial charge < -0.3 is 9.67 Å². The Kier molecular flexibility index (Phi) is 5.47. The molecule has 10 heteroatoms. The molecule has 166 valence electrons. The van der Waals surface area contributed by atoms with Crippen LogP contribution in [0.25, 0.3) is 33.5 Å². The zero-order valence-electron chi connectivity index (χ0n) is 17.9. The van der Waals surface area contributed by atoms with Crippen LogP contribution in [0, 0.1) is 5.95 Å². The Hall–Kier alpha value is -4.21. The highest BCUT2D eigenvalue weighted by Crippen LogP contribution is 2.31. The molecule has 3 aromatic heterocycles. The minimum atomic E-state index is -0.784. The van der Waals surface area contributed by atoms with Crippen LogP contribution in [0.15, 0.2) is 48.5 Å². The standard InChI is InChI=1S/C23H21FN8O/c1-2-3-8-18-25-19-20(23(33)29-26-21(19)24)32(18)13-14-9-11-15(12-10-14)16-6-4-5-7-17(16)22-27-30-31-28-22/h4-7,9-12H,2-3,8,13H2,1H3,(H,29,33)(H,27,28,30,31). The third-order valence-electron chi connectivity index (χ3n) is 5.57. The van der Waals surface area contributed by atoms with E-state index in [4.69, 9.17) is 0 Å². The smallest absolute Gasteiger partial charge is 0.261 e. The molecule has 0 spiro atoms. The van der Waals surface area contributed by atoms with Gasteiger partial charge in [-0.05, 0) is 33.5 Å². The third kappa shape index (κ3) is 3.91. The van der Waals surface area contributed by atoms with E-state index < -0.39 is 5.95 Å². The molecule has 2 N–H and O–H groups in total. The van der Waals surface area contributed by atoms with Crippen LogP contribution in [0.5, 0.6) is 5.88 Å². The van der Waals surface area contributed by atoms with Crippen LogP contribution in [0.4, 0.5) is 4.39 Å². The number of aromatic nitrogens is 8. The Morgan fingerprint density at radius 1 is 1.00 bits per heavy atom. The summed E-state index contributed by atoms with van der Waals surface area (Å²) in [7, 11) is 0. The van der Waals surface area contributed by atoms with E-state index in [9.17, 15) is 9.50 Å². The molecule has 0 fully saturated rings. The second-order valence-electron chi connectivity index (χ2n) is 7.72. The van der Waals surface area contributed by atoms with E-state index in [1.807, 2.05) is 53.1 Å². The van der Waals surface area contributed by atoms with Crippen LogP contribution < -0.4 is 0 Å². The van der Waals surface area contributed by atoms with Crippen molar-refractivity contribution in [3.05, 3.63) is 65.9 Å². The number of rotatable bonds is 7. The number of H-pyrrole nitrogens is 1. The SMILES string of the molecule is CCCCc1nc2c(F)nnc(O)c2n1Cc1ccc(-c2ccccc2-c2nnn[nH]2)cc1. The quantitative estimate of drug-likeness (QED) is 0.391. The molecule has 0 atom stereocenters. The maximum Gasteiger partial charge on any atom is 0.261 e. The maximum atomic E-state index is 14.2. The van der Waals surface area contributed by atoms with Crippen LogP contribution >= 0.6 is 0 Å². The van der Waals surface area contributed by atoms with Crippen molar-refractivity contribution >= 4 is 11.0 Å². The van der Waals surface area contributed by atoms with Crippen molar-refractivity contribution in [3.8, 4) is 28.4 Å². The molecule has 33 heavy (non-hydrogen) atoms. The lowest BCUT2D eigenvalue weighted by Crippen LogP contribution is -2.06. The van der Waals surface area contributed by atoms with Crippen molar-refractivity contribution in [2.75, 3.05) is 0 Å². The average molecular weight is 444 g/mol. The van der Waals surface area contributed by atoms with E-state index in [1.54, 1.807) is 0 Å². The van der Waals surface area contributed by atoms with Crippen LogP contribution in [0.1, 0.15) is 31.2 Å². The minimum absolute atomic E-state index is 0.0415. The monoisotopic (exact) mass is 444 g/mol. The van der Waals surface area contributed by atoms with Gasteiger partial charge >= 0.3 is 0 Å². The summed E-state index contributed by atoms with van der Waals surface area (Å²) in [5.41, 5.74) is 4.19. The van der Waals surface area contributed by atoms with Gasteiger partial charge in [0, 0.05) is 18.5 Å². The number of nitrogens with one attached hydrogen (secondary N) is 1. The van der Waals surface area contributed by atoms with Crippen LogP contribution in [0.3, 0.4) is 0 Å². The number of fused-ring (bicyclic) bond motifs is 1. The largest absolute Gasteiger partial charge is 0.491 e. The van der Waals surface area contributed by atoms with Gasteiger partial charge in [0.2, 0.25) is 0 Å². The summed E-state index contributed by atoms with van der Waals surface area (Å²) in [6, 6.07) is 15.9. The number of aromatic hydroxyl groups is 1. The topological polar surface area (TPSA) is 118 Å². The normalized spacial score (nSPS) is 11.3. The summed E-state index contributed by atoms with van der Waals surface area (Å²) in [5.74, 6) is 0.183. The molecule has 3 heterocycles. The van der Waals surface area contributed by atoms with Crippen molar-refractivity contribution in [1.82, 2.24) is 40.4 Å². The van der Waals surface area contributed by atoms with Gasteiger partial charge in [0.25, 0.3) is 11.8 Å². The van der Waals surface area contributed by atoms with Gasteiger partial charge in [-0.25, -0.2) is 10.1 Å². The number of halogens is 1. The zero-order valence-corrected chi connectivity index (χ0v) is 17.9. The number of aromatic amines is 1. The number of hydrogen-bond donors (Lipinski definition) is 2. The number of unbranched alkanes of at least 4 members (excludes halogenated alkanes) is 1. The van der Waals surface area contributed by atoms with Gasteiger partial charge in [0.05, 0.1) is 0 Å². The van der Waals surface area contributed by atoms with Gasteiger partial charge in [-0.3, -0.25) is 0 Å². The van der Waals surface area contributed by atoms with E-state index >= 15 is 0 Å². The van der Waals surface area contributed by atoms with Crippen LogP contribution in [0.2, 0.25) is 0 Å². The Labute approximate surface area is 188 Å². The van der Waals surface area contributed by atoms with Crippen molar-refractivity contribution in [1.29, 1.82) is 0 Å². The molecule has 0 radical (unpaired) electrons. The Bertz CT molecular complexity index is 1400. The molecule has 0 aliphatic heterocycles. The molecule has 0 unspecified atom stereocenters. The van der Waals surface area contributed by atoms with Gasteiger partial charge in [-0.15, -0.1) is 15.3 Å². The molecule has 5 aromatic rings. The summed E-state index contributed by atoms with van der Waals surface area (Å²) in [5, 5.41) is 31.4. The number of hydrogen-bond acceptors (Lipinski definition) is 7. The molecule has 0 saturated carbocycles. The van der Waals surface area contributed by atoms with Gasteiger partial charge in [-0.2, -0.15) is 4.39 Å². The fourth-order valence-electron chi connectivity index (χ4n) is 3.94. The molecule has 0 amide bonds. The molecular formula is C23H21FN8O. The molecule has 5 rings (SSSR count). The van der Waals surface area contributed by atoms with Gasteiger partial charge in [-0.1, -0.05) is 61.9 Å². The summed E-state index contributed by atoms with van der Waals surface area (Å²) in [6.45, 7) is 2.50. The molecule has 0 aliphatic rings. The Morgan fingerprint density at radius 3 is 2.52 bits per heavy atom. The first-order valence-electron chi connectivity index (χ1n) is 10.7. The van der Waals surface area contributed by atoms with Crippen molar-refractivity contribution in [3.63, 3.8) is 0 Å². The molecule has 0 bridgehead atoms. The van der Waals surface area contributed by atoms with E-state index in [-0.39, 0.29) is 16.9 Å². The Morgan fingerprint density at radius 2 is 1.79 bits per heavy atom. The predicted octanol–water partition coefficient (Wildman–Crippen LogP) is 3.91. The fourth-order valence-corrected chi connectivity index (χ4v) is 3.94. The maximum absolute atomic E-state index is 14.2. The van der Waals surface area contributed by atoms with Crippen molar-refractivity contribution < 1.29 is 9.50 Å². The highest BCUT2D eigenvalue weighted by Gasteiger charge is 2.20. The number of tetrazole rings is 1. The number of benzene rings is 2. The van der Waals surface area contributed by atoms with Gasteiger partial charge in [0.1, 0.15) is 11.3 Å². The summed E-state index contributed by atoms with van der Waals surface area (Å²) >= 11 is 0. The van der Waals surface area contributed by atoms with Crippen LogP contribution in [-0.2, 0) is 13.0 Å². The van der Waals surface area contributed by atoms with E-state index in [0.717, 1.165) is 35.1 Å². The fraction of sp³-hybridized carbons (Fsp3) is 0.217. The first-order valence-corrected chi connectivity index (χ1v) is 10.7. The lowest BCUT2D eigenvalue weighted by Gasteiger charge is -2.11. The van der Waals surface area contributed by atoms with Gasteiger partial charge in [0.15, 0.2) is 11.3 Å². The van der Waals surface area contributed by atoms with E-state index in [0.29, 0.717) is 24.6 Å². The third-order valence-corrected chi connectivity index (χ3v) is 5.57. The molecule has 9 nitrogen and oxygen atoms in total. The van der Waals surface area contributed by atoms with E-state index in [2.05, 4.69) is 42.7 Å². The lowest BCUT2D eigenvalue weighted by atomic mass is 9.98. The highest BCUT2D eigenvalue weighted by atomic mass is 19.1. The summed E-state index contributed by atoms with van der Waals surface area (Å²) < 4.78 is 16.1. The number of imidazole rings is 1. The average Bonchev–Trinajstić information content (AvgIpc) is 3.50. The number of aryl methyl sites for hydroxylation is 1. The molecule has 0 aliphatic carbocycles. The van der Waals surface area contributed by atoms with Crippen LogP contribution in [-0.4, -0.2) is 45.5 Å². The molecule has 2 aromatic carbocycles. The van der Waals surface area contributed by atoms with E-state index in [1.165, 1.54) is 0 Å². The zero-order chi connectivity index (χ0) is 22.8. The predicted molar refractivity (Wildman–Crippen MR) is 120 cm³/mol. The number of nitrogens with zero attached hydrogens (tertiary/aromatic N) is 7. The first kappa shape index (κ1) is 20.7. The molecule has 0 saturated heterocycles. The molecular weight excluding hydrogens is 423 g/mol. The Balaban J connectivity index is 1.51. The van der Waals surface area contributed by atoms with Crippen molar-refractivity contribution in [2.24, 2.45) is 0 Å². The second-order valence-corrected chi connectivity index (χ2v) is 7.72. The first-order chi connectivity index (χ1) is 16.2. The lowest BCUT2D eigenvalue weighted by molar-refractivity contribution is 0.439. The van der Waals surface area contributed by atoms with Crippen molar-refractivity contribution in [2.45, 2.75) is 32.7 Å².